The van der Waals surface area contributed by atoms with Crippen molar-refractivity contribution in [1.29, 1.82) is 0 Å². The lowest BCUT2D eigenvalue weighted by Gasteiger charge is -2.18. The molecule has 128 valence electrons. The van der Waals surface area contributed by atoms with E-state index in [0.29, 0.717) is 12.3 Å². The van der Waals surface area contributed by atoms with Crippen molar-refractivity contribution >= 4 is 10.0 Å². The van der Waals surface area contributed by atoms with Crippen molar-refractivity contribution in [3.63, 3.8) is 0 Å². The molecule has 1 atom stereocenters. The van der Waals surface area contributed by atoms with Gasteiger partial charge in [0, 0.05) is 18.9 Å². The molecule has 2 heterocycles. The minimum Gasteiger partial charge on any atom is -0.495 e. The van der Waals surface area contributed by atoms with Gasteiger partial charge in [0.25, 0.3) is 0 Å². The predicted molar refractivity (Wildman–Crippen MR) is 82.8 cm³/mol. The number of hydrogen-bond donors (Lipinski definition) is 0. The van der Waals surface area contributed by atoms with E-state index in [-0.39, 0.29) is 29.8 Å². The van der Waals surface area contributed by atoms with Crippen LogP contribution in [0.2, 0.25) is 0 Å². The summed E-state index contributed by atoms with van der Waals surface area (Å²) in [7, 11) is -2.53. The van der Waals surface area contributed by atoms with E-state index in [1.807, 2.05) is 0 Å². The molecular weight excluding hydrogens is 337 g/mol. The molecule has 0 saturated carbocycles. The first-order valence-corrected chi connectivity index (χ1v) is 8.71. The van der Waals surface area contributed by atoms with Crippen LogP contribution in [0.5, 0.6) is 11.6 Å². The number of benzene rings is 1. The third-order valence-electron chi connectivity index (χ3n) is 3.68. The van der Waals surface area contributed by atoms with Gasteiger partial charge in [0.2, 0.25) is 15.9 Å². The molecule has 0 amide bonds. The molecule has 24 heavy (non-hydrogen) atoms. The van der Waals surface area contributed by atoms with Crippen molar-refractivity contribution < 1.29 is 22.3 Å². The summed E-state index contributed by atoms with van der Waals surface area (Å²) in [6, 6.07) is 3.42. The van der Waals surface area contributed by atoms with Gasteiger partial charge in [-0.05, 0) is 24.6 Å². The van der Waals surface area contributed by atoms with E-state index in [1.54, 1.807) is 0 Å². The average Bonchev–Trinajstić information content (AvgIpc) is 3.05. The number of nitrogens with zero attached hydrogens (tertiary/aromatic N) is 3. The number of rotatable bonds is 5. The second-order valence-corrected chi connectivity index (χ2v) is 7.14. The zero-order valence-corrected chi connectivity index (χ0v) is 13.7. The van der Waals surface area contributed by atoms with E-state index in [0.717, 1.165) is 12.1 Å². The van der Waals surface area contributed by atoms with Gasteiger partial charge in [-0.15, -0.1) is 0 Å². The molecule has 2 aromatic rings. The molecule has 3 rings (SSSR count). The summed E-state index contributed by atoms with van der Waals surface area (Å²) in [6.07, 6.45) is 4.65. The third-order valence-corrected chi connectivity index (χ3v) is 5.56. The largest absolute Gasteiger partial charge is 0.495 e. The minimum absolute atomic E-state index is 0.106. The zero-order valence-electron chi connectivity index (χ0n) is 12.9. The van der Waals surface area contributed by atoms with Gasteiger partial charge < -0.3 is 9.47 Å². The average molecular weight is 353 g/mol. The summed E-state index contributed by atoms with van der Waals surface area (Å²) in [5.41, 5.74) is 0. The number of methoxy groups -OCH3 is 1. The maximum Gasteiger partial charge on any atom is 0.246 e. The number of hydrogen-bond acceptors (Lipinski definition) is 6. The van der Waals surface area contributed by atoms with Crippen molar-refractivity contribution in [2.45, 2.75) is 17.4 Å². The van der Waals surface area contributed by atoms with Crippen LogP contribution in [0.25, 0.3) is 0 Å². The second kappa shape index (κ2) is 6.70. The van der Waals surface area contributed by atoms with Crippen LogP contribution in [0, 0.1) is 5.82 Å². The molecular formula is C15H16FN3O4S. The van der Waals surface area contributed by atoms with Gasteiger partial charge >= 0.3 is 0 Å². The van der Waals surface area contributed by atoms with Crippen LogP contribution in [-0.4, -0.2) is 49.0 Å². The Balaban J connectivity index is 1.78. The van der Waals surface area contributed by atoms with E-state index < -0.39 is 15.8 Å². The van der Waals surface area contributed by atoms with Crippen molar-refractivity contribution in [1.82, 2.24) is 14.3 Å². The van der Waals surface area contributed by atoms with E-state index in [1.165, 1.54) is 36.1 Å². The maximum atomic E-state index is 13.5. The summed E-state index contributed by atoms with van der Waals surface area (Å²) >= 11 is 0. The fourth-order valence-corrected chi connectivity index (χ4v) is 4.17. The summed E-state index contributed by atoms with van der Waals surface area (Å²) in [5, 5.41) is 0. The number of aromatic nitrogens is 2. The van der Waals surface area contributed by atoms with Crippen molar-refractivity contribution in [3.8, 4) is 11.6 Å². The molecule has 0 bridgehead atoms. The third kappa shape index (κ3) is 3.31. The monoisotopic (exact) mass is 353 g/mol. The minimum atomic E-state index is -3.88. The van der Waals surface area contributed by atoms with Gasteiger partial charge in [0.15, 0.2) is 0 Å². The molecule has 0 aliphatic carbocycles. The highest BCUT2D eigenvalue weighted by molar-refractivity contribution is 7.89. The molecule has 1 saturated heterocycles. The molecule has 1 fully saturated rings. The Morgan fingerprint density at radius 3 is 2.88 bits per heavy atom. The zero-order chi connectivity index (χ0) is 17.2. The van der Waals surface area contributed by atoms with E-state index >= 15 is 0 Å². The van der Waals surface area contributed by atoms with Crippen LogP contribution in [0.15, 0.2) is 41.7 Å². The van der Waals surface area contributed by atoms with Crippen LogP contribution < -0.4 is 9.47 Å². The Labute approximate surface area is 139 Å². The molecule has 0 spiro atoms. The van der Waals surface area contributed by atoms with Crippen LogP contribution in [0.1, 0.15) is 6.42 Å². The highest BCUT2D eigenvalue weighted by Crippen LogP contribution is 2.30. The van der Waals surface area contributed by atoms with Crippen LogP contribution in [0.3, 0.4) is 0 Å². The summed E-state index contributed by atoms with van der Waals surface area (Å²) in [6.45, 7) is 0.422. The van der Waals surface area contributed by atoms with Crippen molar-refractivity contribution in [2.24, 2.45) is 0 Å². The topological polar surface area (TPSA) is 81.6 Å². The molecule has 1 aromatic heterocycles. The van der Waals surface area contributed by atoms with Gasteiger partial charge in [0.05, 0.1) is 19.9 Å². The van der Waals surface area contributed by atoms with Gasteiger partial charge in [-0.3, -0.25) is 4.98 Å². The molecule has 7 nitrogen and oxygen atoms in total. The molecule has 1 aliphatic rings. The highest BCUT2D eigenvalue weighted by Gasteiger charge is 2.35. The Bertz CT molecular complexity index is 817. The van der Waals surface area contributed by atoms with Crippen LogP contribution in [0.4, 0.5) is 4.39 Å². The quantitative estimate of drug-likeness (QED) is 0.810. The molecule has 1 unspecified atom stereocenters. The number of ether oxygens (including phenoxy) is 2. The van der Waals surface area contributed by atoms with Gasteiger partial charge in [-0.1, -0.05) is 0 Å². The Hall–Kier alpha value is -2.26. The molecule has 1 aliphatic heterocycles. The van der Waals surface area contributed by atoms with E-state index in [4.69, 9.17) is 9.47 Å². The summed E-state index contributed by atoms with van der Waals surface area (Å²) in [4.78, 5) is 7.71. The maximum absolute atomic E-state index is 13.5. The smallest absolute Gasteiger partial charge is 0.246 e. The predicted octanol–water partition coefficient (Wildman–Crippen LogP) is 1.47. The fourth-order valence-electron chi connectivity index (χ4n) is 2.52. The molecule has 0 radical (unpaired) electrons. The lowest BCUT2D eigenvalue weighted by atomic mass is 10.3. The second-order valence-electron chi connectivity index (χ2n) is 5.23. The molecule has 0 N–H and O–H groups in total. The van der Waals surface area contributed by atoms with E-state index in [9.17, 15) is 12.8 Å². The van der Waals surface area contributed by atoms with Crippen molar-refractivity contribution in [3.05, 3.63) is 42.6 Å². The number of halogens is 1. The normalized spacial score (nSPS) is 18.5. The Kier molecular flexibility index (Phi) is 4.63. The lowest BCUT2D eigenvalue weighted by Crippen LogP contribution is -2.31. The summed E-state index contributed by atoms with van der Waals surface area (Å²) in [5.74, 6) is -0.194. The first kappa shape index (κ1) is 16.6. The number of sulfonamides is 1. The first-order chi connectivity index (χ1) is 11.5. The Morgan fingerprint density at radius 2 is 2.17 bits per heavy atom. The fraction of sp³-hybridized carbons (Fsp3) is 0.333. The molecule has 9 heteroatoms. The van der Waals surface area contributed by atoms with Gasteiger partial charge in [-0.2, -0.15) is 4.31 Å². The van der Waals surface area contributed by atoms with Gasteiger partial charge in [-0.25, -0.2) is 17.8 Å². The van der Waals surface area contributed by atoms with Gasteiger partial charge in [0.1, 0.15) is 22.6 Å². The van der Waals surface area contributed by atoms with Crippen LogP contribution in [-0.2, 0) is 10.0 Å². The first-order valence-electron chi connectivity index (χ1n) is 7.27. The standard InChI is InChI=1S/C15H16FN3O4S/c1-22-13-3-2-11(16)8-14(13)24(20,21)19-7-4-12(10-19)23-15-9-17-5-6-18-15/h2-3,5-6,8-9,12H,4,7,10H2,1H3. The highest BCUT2D eigenvalue weighted by atomic mass is 32.2. The lowest BCUT2D eigenvalue weighted by molar-refractivity contribution is 0.206. The Morgan fingerprint density at radius 1 is 1.33 bits per heavy atom. The van der Waals surface area contributed by atoms with Crippen molar-refractivity contribution in [2.75, 3.05) is 20.2 Å². The molecule has 1 aromatic carbocycles. The SMILES string of the molecule is COc1ccc(F)cc1S(=O)(=O)N1CCC(Oc2cnccn2)C1. The van der Waals surface area contributed by atoms with Crippen LogP contribution >= 0.6 is 0 Å². The summed E-state index contributed by atoms with van der Waals surface area (Å²) < 4.78 is 50.9. The van der Waals surface area contributed by atoms with E-state index in [2.05, 4.69) is 9.97 Å².